The van der Waals surface area contributed by atoms with E-state index in [1.54, 1.807) is 10.4 Å². The highest BCUT2D eigenvalue weighted by molar-refractivity contribution is 7.91. The summed E-state index contributed by atoms with van der Waals surface area (Å²) in [5.41, 5.74) is 0. The third kappa shape index (κ3) is 3.61. The molecule has 0 bridgehead atoms. The van der Waals surface area contributed by atoms with Crippen LogP contribution in [0.25, 0.3) is 0 Å². The summed E-state index contributed by atoms with van der Waals surface area (Å²) in [7, 11) is -3.40. The van der Waals surface area contributed by atoms with Gasteiger partial charge in [0.1, 0.15) is 4.21 Å². The van der Waals surface area contributed by atoms with Crippen LogP contribution in [-0.2, 0) is 14.8 Å². The van der Waals surface area contributed by atoms with Crippen LogP contribution >= 0.6 is 11.3 Å². The Morgan fingerprint density at radius 1 is 1.22 bits per heavy atom. The molecule has 2 aliphatic rings. The van der Waals surface area contributed by atoms with Gasteiger partial charge in [-0.05, 0) is 44.7 Å². The second-order valence-electron chi connectivity index (χ2n) is 6.40. The van der Waals surface area contributed by atoms with E-state index >= 15 is 0 Å². The number of piperidine rings is 1. The van der Waals surface area contributed by atoms with Crippen molar-refractivity contribution in [2.24, 2.45) is 0 Å². The number of carbonyl (C=O) groups excluding carboxylic acids is 1. The van der Waals surface area contributed by atoms with Crippen LogP contribution in [0.5, 0.6) is 0 Å². The molecule has 3 heterocycles. The molecule has 2 aliphatic heterocycles. The smallest absolute Gasteiger partial charge is 0.252 e. The maximum absolute atomic E-state index is 12.9. The summed E-state index contributed by atoms with van der Waals surface area (Å²) in [6.07, 6.45) is 5.19. The van der Waals surface area contributed by atoms with Crippen molar-refractivity contribution in [3.8, 4) is 0 Å². The highest BCUT2D eigenvalue weighted by Gasteiger charge is 2.34. The molecule has 0 radical (unpaired) electrons. The summed E-state index contributed by atoms with van der Waals surface area (Å²) in [6.45, 7) is 4.02. The zero-order valence-corrected chi connectivity index (χ0v) is 15.2. The van der Waals surface area contributed by atoms with Crippen LogP contribution in [-0.4, -0.2) is 49.2 Å². The van der Waals surface area contributed by atoms with E-state index in [1.165, 1.54) is 11.3 Å². The molecule has 1 atom stereocenters. The second-order valence-corrected chi connectivity index (χ2v) is 9.81. The lowest BCUT2D eigenvalue weighted by atomic mass is 10.0. The van der Waals surface area contributed by atoms with Gasteiger partial charge in [-0.25, -0.2) is 8.42 Å². The average molecular weight is 357 g/mol. The lowest BCUT2D eigenvalue weighted by Gasteiger charge is -2.35. The minimum absolute atomic E-state index is 0.0181. The zero-order valence-electron chi connectivity index (χ0n) is 13.5. The average Bonchev–Trinajstić information content (AvgIpc) is 3.14. The Morgan fingerprint density at radius 3 is 2.70 bits per heavy atom. The maximum Gasteiger partial charge on any atom is 0.252 e. The third-order valence-electron chi connectivity index (χ3n) is 4.76. The van der Waals surface area contributed by atoms with E-state index in [4.69, 9.17) is 0 Å². The molecular weight excluding hydrogens is 332 g/mol. The first kappa shape index (κ1) is 16.9. The summed E-state index contributed by atoms with van der Waals surface area (Å²) in [5, 5.41) is 0. The van der Waals surface area contributed by atoms with Gasteiger partial charge in [0.15, 0.2) is 0 Å². The van der Waals surface area contributed by atoms with E-state index in [0.717, 1.165) is 43.5 Å². The van der Waals surface area contributed by atoms with Gasteiger partial charge in [0.2, 0.25) is 5.91 Å². The van der Waals surface area contributed by atoms with E-state index in [1.807, 2.05) is 17.9 Å². The number of nitrogens with zero attached hydrogens (tertiary/aromatic N) is 2. The van der Waals surface area contributed by atoms with Crippen molar-refractivity contribution in [1.29, 1.82) is 0 Å². The van der Waals surface area contributed by atoms with E-state index < -0.39 is 10.0 Å². The normalized spacial score (nSPS) is 23.6. The molecule has 1 amide bonds. The Bertz CT molecular complexity index is 669. The number of thiophene rings is 1. The number of amides is 1. The summed E-state index contributed by atoms with van der Waals surface area (Å²) in [5.74, 6) is 0.212. The Balaban J connectivity index is 1.72. The molecule has 7 heteroatoms. The topological polar surface area (TPSA) is 57.7 Å². The minimum Gasteiger partial charge on any atom is -0.343 e. The molecule has 0 spiro atoms. The van der Waals surface area contributed by atoms with Crippen molar-refractivity contribution in [3.05, 3.63) is 17.0 Å². The molecule has 0 unspecified atom stereocenters. The Morgan fingerprint density at radius 2 is 2.04 bits per heavy atom. The van der Waals surface area contributed by atoms with E-state index in [2.05, 4.69) is 0 Å². The quantitative estimate of drug-likeness (QED) is 0.815. The fraction of sp³-hybridized carbons (Fsp3) is 0.688. The van der Waals surface area contributed by atoms with E-state index in [9.17, 15) is 13.2 Å². The molecular formula is C16H24N2O3S2. The zero-order chi connectivity index (χ0) is 16.4. The Kier molecular flexibility index (Phi) is 5.08. The van der Waals surface area contributed by atoms with Crippen LogP contribution in [0, 0.1) is 6.92 Å². The number of likely N-dealkylation sites (tertiary alicyclic amines) is 1. The number of sulfonamides is 1. The van der Waals surface area contributed by atoms with Gasteiger partial charge < -0.3 is 4.90 Å². The van der Waals surface area contributed by atoms with Gasteiger partial charge in [0, 0.05) is 37.0 Å². The van der Waals surface area contributed by atoms with Crippen molar-refractivity contribution in [3.63, 3.8) is 0 Å². The molecule has 1 aromatic heterocycles. The summed E-state index contributed by atoms with van der Waals surface area (Å²) < 4.78 is 28.0. The van der Waals surface area contributed by atoms with Crippen molar-refractivity contribution in [2.45, 2.75) is 55.7 Å². The fourth-order valence-corrected chi connectivity index (χ4v) is 6.63. The van der Waals surface area contributed by atoms with Gasteiger partial charge in [-0.3, -0.25) is 4.79 Å². The lowest BCUT2D eigenvalue weighted by Crippen LogP contribution is -2.45. The molecule has 23 heavy (non-hydrogen) atoms. The van der Waals surface area contributed by atoms with Crippen LogP contribution in [0.4, 0.5) is 0 Å². The molecule has 0 N–H and O–H groups in total. The Labute approximate surface area is 142 Å². The molecule has 0 aliphatic carbocycles. The van der Waals surface area contributed by atoms with Crippen LogP contribution in [0.15, 0.2) is 16.3 Å². The predicted molar refractivity (Wildman–Crippen MR) is 91.0 cm³/mol. The van der Waals surface area contributed by atoms with Gasteiger partial charge in [-0.15, -0.1) is 11.3 Å². The minimum atomic E-state index is -3.40. The fourth-order valence-electron chi connectivity index (χ4n) is 3.49. The molecule has 0 aromatic carbocycles. The molecule has 2 saturated heterocycles. The van der Waals surface area contributed by atoms with Gasteiger partial charge in [-0.1, -0.05) is 6.42 Å². The molecule has 128 valence electrons. The van der Waals surface area contributed by atoms with E-state index in [-0.39, 0.29) is 11.9 Å². The first-order chi connectivity index (χ1) is 11.0. The maximum atomic E-state index is 12.9. The van der Waals surface area contributed by atoms with E-state index in [0.29, 0.717) is 23.7 Å². The standard InChI is InChI=1S/C16H24N2O3S2/c1-13-7-8-16(22-13)23(20,21)18-11-3-2-5-14(18)9-12-17-10-4-6-15(17)19/h7-8,14H,2-6,9-12H2,1H3/t14-/m0/s1. The lowest BCUT2D eigenvalue weighted by molar-refractivity contribution is -0.127. The number of hydrogen-bond acceptors (Lipinski definition) is 4. The molecule has 3 rings (SSSR count). The molecule has 2 fully saturated rings. The first-order valence-electron chi connectivity index (χ1n) is 8.34. The number of hydrogen-bond donors (Lipinski definition) is 0. The highest BCUT2D eigenvalue weighted by Crippen LogP contribution is 2.31. The summed E-state index contributed by atoms with van der Waals surface area (Å²) in [4.78, 5) is 14.6. The van der Waals surface area contributed by atoms with Crippen molar-refractivity contribution < 1.29 is 13.2 Å². The van der Waals surface area contributed by atoms with Crippen LogP contribution < -0.4 is 0 Å². The van der Waals surface area contributed by atoms with Crippen LogP contribution in [0.3, 0.4) is 0 Å². The Hall–Kier alpha value is -0.920. The monoisotopic (exact) mass is 356 g/mol. The molecule has 5 nitrogen and oxygen atoms in total. The van der Waals surface area contributed by atoms with Gasteiger partial charge in [0.25, 0.3) is 10.0 Å². The van der Waals surface area contributed by atoms with Gasteiger partial charge in [-0.2, -0.15) is 4.31 Å². The third-order valence-corrected chi connectivity index (χ3v) is 8.18. The van der Waals surface area contributed by atoms with Gasteiger partial charge >= 0.3 is 0 Å². The van der Waals surface area contributed by atoms with Crippen molar-refractivity contribution in [1.82, 2.24) is 9.21 Å². The largest absolute Gasteiger partial charge is 0.343 e. The van der Waals surface area contributed by atoms with Crippen molar-refractivity contribution in [2.75, 3.05) is 19.6 Å². The van der Waals surface area contributed by atoms with Gasteiger partial charge in [0.05, 0.1) is 0 Å². The highest BCUT2D eigenvalue weighted by atomic mass is 32.2. The van der Waals surface area contributed by atoms with Crippen molar-refractivity contribution >= 4 is 27.3 Å². The predicted octanol–water partition coefficient (Wildman–Crippen LogP) is 2.61. The second kappa shape index (κ2) is 6.91. The summed E-state index contributed by atoms with van der Waals surface area (Å²) in [6, 6.07) is 3.59. The SMILES string of the molecule is Cc1ccc(S(=O)(=O)N2CCCC[C@H]2CCN2CCCC2=O)s1. The number of carbonyl (C=O) groups is 1. The van der Waals surface area contributed by atoms with Crippen LogP contribution in [0.2, 0.25) is 0 Å². The molecule has 1 aromatic rings. The molecule has 0 saturated carbocycles. The van der Waals surface area contributed by atoms with Crippen LogP contribution in [0.1, 0.15) is 43.4 Å². The number of aryl methyl sites for hydroxylation is 1. The first-order valence-corrected chi connectivity index (χ1v) is 10.6. The number of rotatable bonds is 5. The summed E-state index contributed by atoms with van der Waals surface area (Å²) >= 11 is 1.34.